The third-order valence-corrected chi connectivity index (χ3v) is 5.22. The molecule has 11 heteroatoms. The number of ether oxygens (including phenoxy) is 3. The molecule has 159 valence electrons. The fourth-order valence-electron chi connectivity index (χ4n) is 3.82. The Morgan fingerprint density at radius 3 is 2.36 bits per heavy atom. The van der Waals surface area contributed by atoms with E-state index in [0.717, 1.165) is 0 Å². The molecule has 2 fully saturated rings. The first-order chi connectivity index (χ1) is 12.7. The van der Waals surface area contributed by atoms with Crippen LogP contribution in [0.3, 0.4) is 0 Å². The summed E-state index contributed by atoms with van der Waals surface area (Å²) in [4.78, 5) is 22.8. The molecule has 1 aliphatic carbocycles. The van der Waals surface area contributed by atoms with E-state index in [4.69, 9.17) is 14.2 Å². The summed E-state index contributed by atoms with van der Waals surface area (Å²) in [5.74, 6) is -1.21. The van der Waals surface area contributed by atoms with Crippen molar-refractivity contribution in [2.45, 2.75) is 75.1 Å². The van der Waals surface area contributed by atoms with Crippen molar-refractivity contribution >= 4 is 12.2 Å². The van der Waals surface area contributed by atoms with E-state index in [-0.39, 0.29) is 45.0 Å². The van der Waals surface area contributed by atoms with Gasteiger partial charge in [0.25, 0.3) is 0 Å². The van der Waals surface area contributed by atoms with Gasteiger partial charge in [-0.05, 0) is 13.3 Å². The molecule has 2 rings (SSSR count). The molecule has 1 saturated carbocycles. The zero-order valence-corrected chi connectivity index (χ0v) is 18.9. The summed E-state index contributed by atoms with van der Waals surface area (Å²) in [5, 5.41) is 43.2. The molecule has 2 aliphatic rings. The van der Waals surface area contributed by atoms with Crippen molar-refractivity contribution in [3.05, 3.63) is 0 Å². The number of nitrogens with one attached hydrogen (secondary N) is 1. The van der Waals surface area contributed by atoms with E-state index in [0.29, 0.717) is 0 Å². The van der Waals surface area contributed by atoms with Crippen LogP contribution in [-0.2, 0) is 56.5 Å². The van der Waals surface area contributed by atoms with Gasteiger partial charge >= 0.3 is 0 Å². The summed E-state index contributed by atoms with van der Waals surface area (Å²) in [6.07, 6.45) is -6.78. The van der Waals surface area contributed by atoms with Gasteiger partial charge in [0.15, 0.2) is 0 Å². The number of aliphatic hydroxyl groups is 4. The first-order valence-corrected chi connectivity index (χ1v) is 8.88. The van der Waals surface area contributed by atoms with Gasteiger partial charge in [0, 0.05) is 46.7 Å². The number of carbonyl (C=O) groups excluding carboxylic acids is 2. The number of carbonyl (C=O) groups is 1. The summed E-state index contributed by atoms with van der Waals surface area (Å²) in [5.41, 5.74) is 0. The molecule has 0 aromatic heterocycles. The van der Waals surface area contributed by atoms with Crippen LogP contribution in [0.5, 0.6) is 0 Å². The van der Waals surface area contributed by atoms with E-state index in [1.165, 1.54) is 14.0 Å². The summed E-state index contributed by atoms with van der Waals surface area (Å²) >= 11 is 0. The van der Waals surface area contributed by atoms with Crippen molar-refractivity contribution in [3.8, 4) is 0 Å². The van der Waals surface area contributed by atoms with Crippen molar-refractivity contribution in [3.63, 3.8) is 0 Å². The molecular formula is C17H28NO9Y-. The van der Waals surface area contributed by atoms with E-state index in [1.807, 2.05) is 0 Å². The molecular weight excluding hydrogens is 451 g/mol. The largest absolute Gasteiger partial charge is 0.541 e. The monoisotopic (exact) mass is 479 g/mol. The normalized spacial score (nSPS) is 43.7. The maximum absolute atomic E-state index is 11.5. The summed E-state index contributed by atoms with van der Waals surface area (Å²) in [6, 6.07) is -0.761. The minimum Gasteiger partial charge on any atom is -0.541 e. The maximum atomic E-state index is 11.5. The Morgan fingerprint density at radius 2 is 1.86 bits per heavy atom. The molecule has 10 nitrogen and oxygen atoms in total. The Kier molecular flexibility index (Phi) is 10.6. The average Bonchev–Trinajstić information content (AvgIpc) is 2.63. The Labute approximate surface area is 188 Å². The van der Waals surface area contributed by atoms with E-state index in [2.05, 4.69) is 5.32 Å². The van der Waals surface area contributed by atoms with Crippen molar-refractivity contribution in [2.75, 3.05) is 13.7 Å². The molecule has 5 N–H and O–H groups in total. The second kappa shape index (κ2) is 11.4. The van der Waals surface area contributed by atoms with Crippen LogP contribution in [0.4, 0.5) is 0 Å². The first kappa shape index (κ1) is 26.0. The topological polar surface area (TPSA) is 155 Å². The smallest absolute Gasteiger partial charge is 0.217 e. The number of amides is 1. The number of rotatable bonds is 6. The number of hydrogen-bond acceptors (Lipinski definition) is 9. The molecule has 1 amide bonds. The molecule has 0 aromatic rings. The van der Waals surface area contributed by atoms with Crippen LogP contribution in [0, 0.1) is 5.92 Å². The Morgan fingerprint density at radius 1 is 1.21 bits per heavy atom. The molecule has 4 unspecified atom stereocenters. The van der Waals surface area contributed by atoms with Gasteiger partial charge in [-0.15, -0.1) is 5.92 Å². The fraction of sp³-hybridized carbons (Fsp3) is 0.882. The third-order valence-electron chi connectivity index (χ3n) is 5.22. The Hall–Kier alpha value is -0.0361. The van der Waals surface area contributed by atoms with Crippen molar-refractivity contribution in [2.24, 2.45) is 5.92 Å². The molecule has 1 saturated heterocycles. The maximum Gasteiger partial charge on any atom is 0.217 e. The fourth-order valence-corrected chi connectivity index (χ4v) is 3.82. The van der Waals surface area contributed by atoms with Crippen LogP contribution >= 0.6 is 0 Å². The summed E-state index contributed by atoms with van der Waals surface area (Å²) < 4.78 is 16.5. The quantitative estimate of drug-likeness (QED) is 0.255. The van der Waals surface area contributed by atoms with Crippen molar-refractivity contribution in [1.82, 2.24) is 5.32 Å². The molecule has 1 heterocycles. The van der Waals surface area contributed by atoms with E-state index >= 15 is 0 Å². The van der Waals surface area contributed by atoms with Crippen LogP contribution in [0.25, 0.3) is 0 Å². The van der Waals surface area contributed by atoms with Gasteiger partial charge in [-0.1, -0.05) is 0 Å². The van der Waals surface area contributed by atoms with Gasteiger partial charge in [0.05, 0.1) is 31.0 Å². The van der Waals surface area contributed by atoms with E-state index in [9.17, 15) is 30.0 Å². The molecule has 1 aliphatic heterocycles. The minimum absolute atomic E-state index is 0. The summed E-state index contributed by atoms with van der Waals surface area (Å²) in [7, 11) is 1.31. The van der Waals surface area contributed by atoms with Crippen molar-refractivity contribution in [1.29, 1.82) is 0 Å². The summed E-state index contributed by atoms with van der Waals surface area (Å²) in [6.45, 7) is 2.49. The molecule has 28 heavy (non-hydrogen) atoms. The standard InChI is InChI=1S/C17H28NO9.Y/c1-7-12(18-8(2)21)17(14(23)11(6-20)26-7)27-10-4-9(5-19)16(25-3)15(24)13(10)22;/h7,9-17,20,22-24H,4,6H2,1-3H3,(H,18,21);/q-1;/t7-,9-,10+,11?,12?,13?,14+,15?,16+,17+;/m0./s1. The second-order valence-electron chi connectivity index (χ2n) is 7.06. The minimum atomic E-state index is -1.39. The van der Waals surface area contributed by atoms with Crippen LogP contribution < -0.4 is 5.32 Å². The van der Waals surface area contributed by atoms with Gasteiger partial charge in [-0.2, -0.15) is 0 Å². The number of hydrogen-bond donors (Lipinski definition) is 5. The van der Waals surface area contributed by atoms with E-state index in [1.54, 1.807) is 13.2 Å². The molecule has 10 atom stereocenters. The van der Waals surface area contributed by atoms with Gasteiger partial charge < -0.3 is 44.7 Å². The first-order valence-electron chi connectivity index (χ1n) is 8.88. The van der Waals surface area contributed by atoms with Crippen LogP contribution in [-0.4, -0.2) is 101 Å². The predicted molar refractivity (Wildman–Crippen MR) is 90.3 cm³/mol. The Bertz CT molecular complexity index is 525. The number of aliphatic hydroxyl groups excluding tert-OH is 4. The van der Waals surface area contributed by atoms with Gasteiger partial charge in [0.1, 0.15) is 30.5 Å². The van der Waals surface area contributed by atoms with E-state index < -0.39 is 67.4 Å². The van der Waals surface area contributed by atoms with Gasteiger partial charge in [-0.25, -0.2) is 0 Å². The van der Waals surface area contributed by atoms with Gasteiger partial charge in [0.2, 0.25) is 5.91 Å². The van der Waals surface area contributed by atoms with Crippen LogP contribution in [0.2, 0.25) is 0 Å². The molecule has 0 spiro atoms. The zero-order valence-electron chi connectivity index (χ0n) is 16.1. The van der Waals surface area contributed by atoms with Crippen LogP contribution in [0.1, 0.15) is 20.3 Å². The predicted octanol–water partition coefficient (Wildman–Crippen LogP) is -2.75. The SMILES string of the molecule is CO[C@H]1C(O)C(O)[C@H](O[C@@H]2C(NC(C)=O)[C@H](C)OC(CO)[C@H]2O)C[C@H]1[C-]=O.[Y]. The molecule has 0 bridgehead atoms. The molecule has 1 radical (unpaired) electrons. The van der Waals surface area contributed by atoms with Gasteiger partial charge in [-0.3, -0.25) is 11.1 Å². The third kappa shape index (κ3) is 5.56. The average molecular weight is 479 g/mol. The number of methoxy groups -OCH3 is 1. The zero-order chi connectivity index (χ0) is 20.3. The van der Waals surface area contributed by atoms with Crippen LogP contribution in [0.15, 0.2) is 0 Å². The van der Waals surface area contributed by atoms with Crippen molar-refractivity contribution < 1.29 is 76.9 Å². The second-order valence-corrected chi connectivity index (χ2v) is 7.06. The molecule has 0 aromatic carbocycles. The Balaban J connectivity index is 0.00000392.